The van der Waals surface area contributed by atoms with Gasteiger partial charge >= 0.3 is 0 Å². The lowest BCUT2D eigenvalue weighted by atomic mass is 9.85. The van der Waals surface area contributed by atoms with Crippen LogP contribution in [0.4, 0.5) is 0 Å². The van der Waals surface area contributed by atoms with E-state index >= 15 is 0 Å². The normalized spacial score (nSPS) is 20.5. The minimum atomic E-state index is -0.706. The fourth-order valence-electron chi connectivity index (χ4n) is 5.19. The van der Waals surface area contributed by atoms with Gasteiger partial charge in [-0.05, 0) is 46.7 Å². The first-order chi connectivity index (χ1) is 17.6. The van der Waals surface area contributed by atoms with E-state index in [2.05, 4.69) is 20.8 Å². The number of carbonyl (C=O) groups is 2. The fourth-order valence-corrected chi connectivity index (χ4v) is 5.19. The number of quaternary nitrogens is 1. The number of methoxy groups -OCH3 is 1. The van der Waals surface area contributed by atoms with Crippen molar-refractivity contribution in [1.82, 2.24) is 4.90 Å². The van der Waals surface area contributed by atoms with Gasteiger partial charge in [-0.25, -0.2) is 0 Å². The number of amides is 1. The van der Waals surface area contributed by atoms with Gasteiger partial charge in [0.05, 0.1) is 32.9 Å². The molecule has 0 aromatic heterocycles. The summed E-state index contributed by atoms with van der Waals surface area (Å²) in [6, 6.07) is 12.4. The fraction of sp³-hybridized carbons (Fsp3) is 0.467. The maximum Gasteiger partial charge on any atom is 0.295 e. The van der Waals surface area contributed by atoms with Gasteiger partial charge in [0.1, 0.15) is 18.8 Å². The highest BCUT2D eigenvalue weighted by atomic mass is 16.5. The topological polar surface area (TPSA) is 83.3 Å². The van der Waals surface area contributed by atoms with Crippen molar-refractivity contribution in [2.75, 3.05) is 46.5 Å². The summed E-state index contributed by atoms with van der Waals surface area (Å²) in [5.41, 5.74) is 3.03. The molecule has 1 amide bonds. The third kappa shape index (κ3) is 5.73. The molecule has 37 heavy (non-hydrogen) atoms. The van der Waals surface area contributed by atoms with Gasteiger partial charge in [0, 0.05) is 18.5 Å². The van der Waals surface area contributed by atoms with Crippen LogP contribution in [-0.2, 0) is 19.7 Å². The standard InChI is InChI=1S/C30H38N2O5/c1-20-19-23(36-5)11-12-24(20)27(33)25-26(21-7-9-22(10-8-21)30(2,3)4)32(29(35)28(25)34)14-6-13-31-15-17-37-18-16-31/h7-12,19,26,33H,6,13-18H2,1-5H3/b27-25+. The van der Waals surface area contributed by atoms with E-state index < -0.39 is 23.5 Å². The third-order valence-corrected chi connectivity index (χ3v) is 7.43. The molecule has 0 bridgehead atoms. The molecule has 0 saturated carbocycles. The minimum Gasteiger partial charge on any atom is -0.872 e. The zero-order chi connectivity index (χ0) is 26.7. The van der Waals surface area contributed by atoms with E-state index in [1.165, 1.54) is 4.90 Å². The molecule has 1 unspecified atom stereocenters. The molecule has 2 saturated heterocycles. The summed E-state index contributed by atoms with van der Waals surface area (Å²) in [7, 11) is 1.57. The number of ether oxygens (including phenoxy) is 2. The number of carbonyl (C=O) groups excluding carboxylic acids is 2. The molecule has 7 heteroatoms. The highest BCUT2D eigenvalue weighted by molar-refractivity contribution is 6.46. The highest BCUT2D eigenvalue weighted by Gasteiger charge is 2.44. The van der Waals surface area contributed by atoms with Crippen molar-refractivity contribution in [2.45, 2.75) is 45.6 Å². The van der Waals surface area contributed by atoms with Crippen molar-refractivity contribution < 1.29 is 29.1 Å². The molecule has 2 heterocycles. The summed E-state index contributed by atoms with van der Waals surface area (Å²) in [6.07, 6.45) is 0.744. The molecule has 4 rings (SSSR count). The van der Waals surface area contributed by atoms with Gasteiger partial charge in [-0.15, -0.1) is 0 Å². The van der Waals surface area contributed by atoms with Crippen LogP contribution in [0, 0.1) is 6.92 Å². The van der Waals surface area contributed by atoms with Gasteiger partial charge in [0.15, 0.2) is 0 Å². The van der Waals surface area contributed by atoms with Crippen molar-refractivity contribution >= 4 is 17.4 Å². The van der Waals surface area contributed by atoms with Crippen LogP contribution in [0.5, 0.6) is 5.75 Å². The summed E-state index contributed by atoms with van der Waals surface area (Å²) in [5.74, 6) is -1.07. The second kappa shape index (κ2) is 11.1. The lowest BCUT2D eigenvalue weighted by Crippen LogP contribution is -3.14. The van der Waals surface area contributed by atoms with E-state index in [4.69, 9.17) is 9.47 Å². The van der Waals surface area contributed by atoms with Crippen molar-refractivity contribution in [1.29, 1.82) is 0 Å². The Morgan fingerprint density at radius 3 is 2.38 bits per heavy atom. The summed E-state index contributed by atoms with van der Waals surface area (Å²) < 4.78 is 10.7. The van der Waals surface area contributed by atoms with Gasteiger partial charge in [-0.1, -0.05) is 56.9 Å². The van der Waals surface area contributed by atoms with E-state index in [0.717, 1.165) is 50.4 Å². The number of nitrogens with one attached hydrogen (secondary N) is 1. The number of likely N-dealkylation sites (tertiary alicyclic amines) is 1. The van der Waals surface area contributed by atoms with Crippen LogP contribution in [0.3, 0.4) is 0 Å². The molecule has 198 valence electrons. The monoisotopic (exact) mass is 506 g/mol. The number of morpholine rings is 1. The largest absolute Gasteiger partial charge is 0.872 e. The molecule has 0 radical (unpaired) electrons. The predicted molar refractivity (Wildman–Crippen MR) is 140 cm³/mol. The van der Waals surface area contributed by atoms with Gasteiger partial charge in [0.2, 0.25) is 5.78 Å². The van der Waals surface area contributed by atoms with Crippen molar-refractivity contribution in [3.63, 3.8) is 0 Å². The maximum absolute atomic E-state index is 13.8. The zero-order valence-electron chi connectivity index (χ0n) is 22.6. The number of rotatable bonds is 7. The summed E-state index contributed by atoms with van der Waals surface area (Å²) in [6.45, 7) is 12.9. The number of hydrogen-bond donors (Lipinski definition) is 1. The van der Waals surface area contributed by atoms with Crippen molar-refractivity contribution in [3.05, 3.63) is 70.3 Å². The Kier molecular flexibility index (Phi) is 8.05. The quantitative estimate of drug-likeness (QED) is 0.352. The van der Waals surface area contributed by atoms with Crippen molar-refractivity contribution in [2.24, 2.45) is 0 Å². The third-order valence-electron chi connectivity index (χ3n) is 7.43. The Bertz CT molecular complexity index is 1170. The summed E-state index contributed by atoms with van der Waals surface area (Å²) >= 11 is 0. The van der Waals surface area contributed by atoms with Crippen LogP contribution < -0.4 is 14.7 Å². The van der Waals surface area contributed by atoms with Crippen LogP contribution in [0.1, 0.15) is 55.5 Å². The molecule has 2 aliphatic heterocycles. The number of ketones is 1. The molecule has 2 fully saturated rings. The Morgan fingerprint density at radius 2 is 1.78 bits per heavy atom. The minimum absolute atomic E-state index is 0.0282. The Balaban J connectivity index is 1.72. The lowest BCUT2D eigenvalue weighted by Gasteiger charge is -2.29. The van der Waals surface area contributed by atoms with Crippen LogP contribution in [0.25, 0.3) is 5.76 Å². The number of hydrogen-bond acceptors (Lipinski definition) is 5. The molecule has 0 spiro atoms. The number of Topliss-reactive ketones (excluding diaryl/α,β-unsaturated/α-hetero) is 1. The Morgan fingerprint density at radius 1 is 1.11 bits per heavy atom. The van der Waals surface area contributed by atoms with Gasteiger partial charge in [-0.3, -0.25) is 9.59 Å². The highest BCUT2D eigenvalue weighted by Crippen LogP contribution is 2.40. The Labute approximate surface area is 219 Å². The average molecular weight is 507 g/mol. The van der Waals surface area contributed by atoms with Crippen LogP contribution in [-0.4, -0.2) is 63.1 Å². The smallest absolute Gasteiger partial charge is 0.295 e. The molecule has 1 atom stereocenters. The maximum atomic E-state index is 13.8. The Hall–Kier alpha value is -3.16. The van der Waals surface area contributed by atoms with Crippen LogP contribution in [0.2, 0.25) is 0 Å². The summed E-state index contributed by atoms with van der Waals surface area (Å²) in [4.78, 5) is 29.7. The molecule has 2 aromatic carbocycles. The van der Waals surface area contributed by atoms with Gasteiger partial charge in [0.25, 0.3) is 5.91 Å². The zero-order valence-corrected chi connectivity index (χ0v) is 22.6. The second-order valence-corrected chi connectivity index (χ2v) is 11.0. The van der Waals surface area contributed by atoms with E-state index in [-0.39, 0.29) is 11.0 Å². The SMILES string of the molecule is COc1ccc(/C([O-])=C2\C(=O)C(=O)N(CCC[NH+]3CCOCC3)C2c2ccc(C(C)(C)C)cc2)c(C)c1. The molecular weight excluding hydrogens is 468 g/mol. The number of benzene rings is 2. The molecule has 0 aliphatic carbocycles. The van der Waals surface area contributed by atoms with Gasteiger partial charge < -0.3 is 24.4 Å². The predicted octanol–water partition coefficient (Wildman–Crippen LogP) is 1.83. The van der Waals surface area contributed by atoms with E-state index in [1.807, 2.05) is 31.2 Å². The van der Waals surface area contributed by atoms with E-state index in [1.54, 1.807) is 30.2 Å². The first-order valence-electron chi connectivity index (χ1n) is 13.0. The van der Waals surface area contributed by atoms with Crippen LogP contribution in [0.15, 0.2) is 48.0 Å². The van der Waals surface area contributed by atoms with E-state index in [9.17, 15) is 14.7 Å². The average Bonchev–Trinajstić information content (AvgIpc) is 3.13. The molecule has 7 nitrogen and oxygen atoms in total. The number of aryl methyl sites for hydroxylation is 1. The molecule has 2 aromatic rings. The first-order valence-corrected chi connectivity index (χ1v) is 13.0. The first kappa shape index (κ1) is 26.9. The summed E-state index contributed by atoms with van der Waals surface area (Å²) in [5, 5.41) is 13.8. The second-order valence-electron chi connectivity index (χ2n) is 11.0. The van der Waals surface area contributed by atoms with E-state index in [0.29, 0.717) is 23.4 Å². The molecule has 1 N–H and O–H groups in total. The lowest BCUT2D eigenvalue weighted by molar-refractivity contribution is -0.908. The van der Waals surface area contributed by atoms with Gasteiger partial charge in [-0.2, -0.15) is 0 Å². The molecular formula is C30H38N2O5. The van der Waals surface area contributed by atoms with Crippen LogP contribution >= 0.6 is 0 Å². The number of nitrogens with zero attached hydrogens (tertiary/aromatic N) is 1. The molecule has 2 aliphatic rings. The van der Waals surface area contributed by atoms with Crippen molar-refractivity contribution in [3.8, 4) is 5.75 Å².